The van der Waals surface area contributed by atoms with Gasteiger partial charge in [-0.1, -0.05) is 18.5 Å². The Kier molecular flexibility index (Phi) is 3.46. The minimum Gasteiger partial charge on any atom is -0.304 e. The number of benzene rings is 1. The van der Waals surface area contributed by atoms with E-state index in [2.05, 4.69) is 18.0 Å². The third kappa shape index (κ3) is 2.32. The van der Waals surface area contributed by atoms with Gasteiger partial charge in [-0.25, -0.2) is 4.98 Å². The second-order valence-corrected chi connectivity index (χ2v) is 4.15. The lowest BCUT2D eigenvalue weighted by atomic mass is 10.2. The van der Waals surface area contributed by atoms with Crippen LogP contribution in [0.1, 0.15) is 24.7 Å². The minimum absolute atomic E-state index is 0.473. The number of hydrogen-bond acceptors (Lipinski definition) is 2. The van der Waals surface area contributed by atoms with E-state index in [0.29, 0.717) is 10.6 Å². The van der Waals surface area contributed by atoms with Crippen LogP contribution in [0, 0.1) is 11.3 Å². The summed E-state index contributed by atoms with van der Waals surface area (Å²) in [6.45, 7) is 2.12. The number of hydrogen-bond donors (Lipinski definition) is 0. The van der Waals surface area contributed by atoms with E-state index in [1.165, 1.54) is 0 Å². The second kappa shape index (κ2) is 5.03. The first-order valence-corrected chi connectivity index (χ1v) is 5.86. The molecule has 2 aromatic rings. The van der Waals surface area contributed by atoms with Gasteiger partial charge in [0.1, 0.15) is 11.9 Å². The highest BCUT2D eigenvalue weighted by atomic mass is 35.5. The van der Waals surface area contributed by atoms with Gasteiger partial charge in [0.15, 0.2) is 0 Å². The predicted octanol–water partition coefficient (Wildman–Crippen LogP) is 3.35. The molecule has 1 aromatic carbocycles. The maximum Gasteiger partial charge on any atom is 0.113 e. The molecule has 0 radical (unpaired) electrons. The molecule has 0 atom stereocenters. The van der Waals surface area contributed by atoms with Crippen LogP contribution >= 0.6 is 11.6 Å². The summed E-state index contributed by atoms with van der Waals surface area (Å²) in [5.74, 6) is 1.01. The molecule has 0 aliphatic rings. The summed E-state index contributed by atoms with van der Waals surface area (Å²) in [5.41, 5.74) is 1.43. The van der Waals surface area contributed by atoms with Gasteiger partial charge in [-0.05, 0) is 24.6 Å². The molecule has 3 nitrogen and oxygen atoms in total. The molecule has 0 bridgehead atoms. The van der Waals surface area contributed by atoms with Crippen molar-refractivity contribution in [3.05, 3.63) is 47.0 Å². The SMILES string of the molecule is CCCc1nccn1-c1ccc(C#N)c(Cl)c1. The van der Waals surface area contributed by atoms with Crippen molar-refractivity contribution in [2.75, 3.05) is 0 Å². The number of nitriles is 1. The van der Waals surface area contributed by atoms with E-state index in [1.54, 1.807) is 18.3 Å². The Balaban J connectivity index is 2.43. The number of aromatic nitrogens is 2. The van der Waals surface area contributed by atoms with Crippen LogP contribution in [0.4, 0.5) is 0 Å². The lowest BCUT2D eigenvalue weighted by molar-refractivity contribution is 0.809. The molecule has 0 spiro atoms. The monoisotopic (exact) mass is 245 g/mol. The molecule has 0 saturated heterocycles. The molecule has 2 rings (SSSR count). The fraction of sp³-hybridized carbons (Fsp3) is 0.231. The molecule has 0 aliphatic carbocycles. The van der Waals surface area contributed by atoms with Gasteiger partial charge in [0.2, 0.25) is 0 Å². The summed E-state index contributed by atoms with van der Waals surface area (Å²) in [7, 11) is 0. The maximum absolute atomic E-state index is 8.83. The van der Waals surface area contributed by atoms with Crippen LogP contribution in [-0.2, 0) is 6.42 Å². The molecule has 1 heterocycles. The summed E-state index contributed by atoms with van der Waals surface area (Å²) >= 11 is 6.02. The van der Waals surface area contributed by atoms with Crippen molar-refractivity contribution in [1.82, 2.24) is 9.55 Å². The average molecular weight is 246 g/mol. The Labute approximate surface area is 105 Å². The lowest BCUT2D eigenvalue weighted by Gasteiger charge is -2.08. The molecular weight excluding hydrogens is 234 g/mol. The van der Waals surface area contributed by atoms with Crippen LogP contribution in [0.2, 0.25) is 5.02 Å². The first-order valence-electron chi connectivity index (χ1n) is 5.48. The molecule has 1 aromatic heterocycles. The Morgan fingerprint density at radius 1 is 1.47 bits per heavy atom. The molecule has 0 fully saturated rings. The summed E-state index contributed by atoms with van der Waals surface area (Å²) in [5, 5.41) is 9.30. The topological polar surface area (TPSA) is 41.6 Å². The first kappa shape index (κ1) is 11.7. The summed E-state index contributed by atoms with van der Waals surface area (Å²) in [6.07, 6.45) is 5.64. The molecular formula is C13H12ClN3. The normalized spacial score (nSPS) is 10.2. The second-order valence-electron chi connectivity index (χ2n) is 3.74. The van der Waals surface area contributed by atoms with Gasteiger partial charge < -0.3 is 4.57 Å². The van der Waals surface area contributed by atoms with Crippen molar-refractivity contribution in [2.24, 2.45) is 0 Å². The van der Waals surface area contributed by atoms with Crippen LogP contribution < -0.4 is 0 Å². The molecule has 0 aliphatic heterocycles. The first-order chi connectivity index (χ1) is 8.26. The van der Waals surface area contributed by atoms with Crippen molar-refractivity contribution in [3.63, 3.8) is 0 Å². The molecule has 86 valence electrons. The highest BCUT2D eigenvalue weighted by Gasteiger charge is 2.06. The standard InChI is InChI=1S/C13H12ClN3/c1-2-3-13-16-6-7-17(13)11-5-4-10(9-15)12(14)8-11/h4-8H,2-3H2,1H3. The summed E-state index contributed by atoms with van der Waals surface area (Å²) in [6, 6.07) is 7.45. The lowest BCUT2D eigenvalue weighted by Crippen LogP contribution is -2.00. The van der Waals surface area contributed by atoms with Gasteiger partial charge in [0.05, 0.1) is 10.6 Å². The van der Waals surface area contributed by atoms with Crippen molar-refractivity contribution in [1.29, 1.82) is 5.26 Å². The number of halogens is 1. The quantitative estimate of drug-likeness (QED) is 0.832. The van der Waals surface area contributed by atoms with E-state index in [1.807, 2.05) is 16.8 Å². The van der Waals surface area contributed by atoms with Gasteiger partial charge in [-0.15, -0.1) is 0 Å². The average Bonchev–Trinajstić information content (AvgIpc) is 2.78. The third-order valence-corrected chi connectivity index (χ3v) is 2.85. The van der Waals surface area contributed by atoms with E-state index >= 15 is 0 Å². The van der Waals surface area contributed by atoms with Gasteiger partial charge in [-0.2, -0.15) is 5.26 Å². The summed E-state index contributed by atoms with van der Waals surface area (Å²) in [4.78, 5) is 4.31. The van der Waals surface area contributed by atoms with Gasteiger partial charge in [0.25, 0.3) is 0 Å². The molecule has 17 heavy (non-hydrogen) atoms. The van der Waals surface area contributed by atoms with Crippen LogP contribution in [-0.4, -0.2) is 9.55 Å². The molecule has 0 amide bonds. The van der Waals surface area contributed by atoms with Crippen molar-refractivity contribution < 1.29 is 0 Å². The highest BCUT2D eigenvalue weighted by molar-refractivity contribution is 6.31. The van der Waals surface area contributed by atoms with E-state index in [4.69, 9.17) is 16.9 Å². The van der Waals surface area contributed by atoms with Crippen LogP contribution in [0.5, 0.6) is 0 Å². The Hall–Kier alpha value is -1.79. The molecule has 0 unspecified atom stereocenters. The number of rotatable bonds is 3. The van der Waals surface area contributed by atoms with Crippen molar-refractivity contribution >= 4 is 11.6 Å². The van der Waals surface area contributed by atoms with Crippen LogP contribution in [0.25, 0.3) is 5.69 Å². The zero-order valence-electron chi connectivity index (χ0n) is 9.52. The van der Waals surface area contributed by atoms with Gasteiger partial charge >= 0.3 is 0 Å². The smallest absolute Gasteiger partial charge is 0.113 e. The van der Waals surface area contributed by atoms with Crippen LogP contribution in [0.15, 0.2) is 30.6 Å². The van der Waals surface area contributed by atoms with E-state index in [-0.39, 0.29) is 0 Å². The maximum atomic E-state index is 8.83. The van der Waals surface area contributed by atoms with Crippen molar-refractivity contribution in [3.8, 4) is 11.8 Å². The van der Waals surface area contributed by atoms with E-state index in [9.17, 15) is 0 Å². The molecule has 4 heteroatoms. The van der Waals surface area contributed by atoms with Gasteiger partial charge in [0, 0.05) is 24.5 Å². The number of imidazole rings is 1. The number of nitrogens with zero attached hydrogens (tertiary/aromatic N) is 3. The highest BCUT2D eigenvalue weighted by Crippen LogP contribution is 2.20. The predicted molar refractivity (Wildman–Crippen MR) is 67.3 cm³/mol. The fourth-order valence-electron chi connectivity index (χ4n) is 1.72. The molecule has 0 N–H and O–H groups in total. The molecule has 0 saturated carbocycles. The Morgan fingerprint density at radius 3 is 2.94 bits per heavy atom. The fourth-order valence-corrected chi connectivity index (χ4v) is 1.94. The zero-order valence-corrected chi connectivity index (χ0v) is 10.3. The summed E-state index contributed by atoms with van der Waals surface area (Å²) < 4.78 is 2.00. The zero-order chi connectivity index (χ0) is 12.3. The van der Waals surface area contributed by atoms with Gasteiger partial charge in [-0.3, -0.25) is 0 Å². The minimum atomic E-state index is 0.473. The van der Waals surface area contributed by atoms with Crippen molar-refractivity contribution in [2.45, 2.75) is 19.8 Å². The Bertz CT molecular complexity index is 566. The van der Waals surface area contributed by atoms with Crippen LogP contribution in [0.3, 0.4) is 0 Å². The van der Waals surface area contributed by atoms with E-state index < -0.39 is 0 Å². The Morgan fingerprint density at radius 2 is 2.29 bits per heavy atom. The van der Waals surface area contributed by atoms with E-state index in [0.717, 1.165) is 24.4 Å². The largest absolute Gasteiger partial charge is 0.304 e. The number of aryl methyl sites for hydroxylation is 1. The third-order valence-electron chi connectivity index (χ3n) is 2.54.